The monoisotopic (exact) mass is 279 g/mol. The number of anilines is 2. The molecule has 2 aliphatic rings. The van der Waals surface area contributed by atoms with Crippen molar-refractivity contribution in [3.8, 4) is 0 Å². The number of aromatic nitrogens is 2. The minimum Gasteiger partial charge on any atom is -0.356 e. The molecule has 3 rings (SSSR count). The van der Waals surface area contributed by atoms with Gasteiger partial charge in [-0.3, -0.25) is 0 Å². The summed E-state index contributed by atoms with van der Waals surface area (Å²) in [7, 11) is 0. The van der Waals surface area contributed by atoms with Crippen molar-refractivity contribution in [3.63, 3.8) is 0 Å². The second-order valence-electron chi connectivity index (χ2n) is 5.31. The van der Waals surface area contributed by atoms with Crippen LogP contribution in [0.1, 0.15) is 37.4 Å². The van der Waals surface area contributed by atoms with E-state index in [9.17, 15) is 0 Å². The Kier molecular flexibility index (Phi) is 3.79. The molecule has 1 aromatic rings. The van der Waals surface area contributed by atoms with Gasteiger partial charge in [0.25, 0.3) is 0 Å². The first-order chi connectivity index (χ1) is 9.30. The Hall–Kier alpha value is -1.01. The molecule has 2 fully saturated rings. The van der Waals surface area contributed by atoms with E-state index in [1.807, 2.05) is 17.8 Å². The van der Waals surface area contributed by atoms with Gasteiger partial charge in [0.1, 0.15) is 17.5 Å². The minimum absolute atomic E-state index is 0.552. The van der Waals surface area contributed by atoms with Crippen molar-refractivity contribution in [2.24, 2.45) is 5.84 Å². The van der Waals surface area contributed by atoms with E-state index < -0.39 is 0 Å². The Morgan fingerprint density at radius 3 is 2.58 bits per heavy atom. The van der Waals surface area contributed by atoms with Gasteiger partial charge in [-0.2, -0.15) is 11.8 Å². The predicted molar refractivity (Wildman–Crippen MR) is 80.6 cm³/mol. The number of nitrogens with zero attached hydrogens (tertiary/aromatic N) is 3. The van der Waals surface area contributed by atoms with Crippen molar-refractivity contribution in [2.75, 3.05) is 29.7 Å². The van der Waals surface area contributed by atoms with E-state index >= 15 is 0 Å². The molecule has 0 bridgehead atoms. The third-order valence-corrected chi connectivity index (χ3v) is 5.06. The van der Waals surface area contributed by atoms with Gasteiger partial charge in [-0.15, -0.1) is 0 Å². The van der Waals surface area contributed by atoms with Gasteiger partial charge in [0, 0.05) is 30.3 Å². The maximum Gasteiger partial charge on any atom is 0.145 e. The van der Waals surface area contributed by atoms with Crippen LogP contribution < -0.4 is 16.2 Å². The summed E-state index contributed by atoms with van der Waals surface area (Å²) in [5.74, 6) is 8.79. The van der Waals surface area contributed by atoms with Crippen molar-refractivity contribution in [3.05, 3.63) is 11.9 Å². The molecule has 2 heterocycles. The van der Waals surface area contributed by atoms with Gasteiger partial charge in [-0.1, -0.05) is 0 Å². The van der Waals surface area contributed by atoms with Crippen LogP contribution in [-0.4, -0.2) is 34.6 Å². The van der Waals surface area contributed by atoms with E-state index in [4.69, 9.17) is 10.8 Å². The van der Waals surface area contributed by atoms with Crippen LogP contribution in [0.3, 0.4) is 0 Å². The molecule has 0 atom stereocenters. The molecule has 0 spiro atoms. The molecule has 0 amide bonds. The number of thioether (sulfide) groups is 1. The summed E-state index contributed by atoms with van der Waals surface area (Å²) in [5.41, 5.74) is 2.67. The zero-order chi connectivity index (χ0) is 13.2. The van der Waals surface area contributed by atoms with Gasteiger partial charge in [0.2, 0.25) is 0 Å². The average Bonchev–Trinajstić information content (AvgIpc) is 3.31. The number of nitrogens with two attached hydrogens (primary N) is 1. The molecule has 0 aromatic carbocycles. The van der Waals surface area contributed by atoms with Gasteiger partial charge >= 0.3 is 0 Å². The first-order valence-electron chi connectivity index (χ1n) is 6.93. The van der Waals surface area contributed by atoms with Crippen LogP contribution in [0.2, 0.25) is 0 Å². The summed E-state index contributed by atoms with van der Waals surface area (Å²) in [5, 5.41) is 0.799. The lowest BCUT2D eigenvalue weighted by Crippen LogP contribution is -2.35. The van der Waals surface area contributed by atoms with Crippen LogP contribution in [-0.2, 0) is 0 Å². The third-order valence-electron chi connectivity index (χ3n) is 3.92. The van der Waals surface area contributed by atoms with Crippen LogP contribution in [0.5, 0.6) is 0 Å². The highest BCUT2D eigenvalue weighted by Crippen LogP contribution is 2.39. The maximum absolute atomic E-state index is 5.52. The van der Waals surface area contributed by atoms with Gasteiger partial charge in [0.05, 0.1) is 0 Å². The number of nitrogen functional groups attached to an aromatic ring is 1. The Morgan fingerprint density at radius 1 is 1.26 bits per heavy atom. The molecule has 19 heavy (non-hydrogen) atoms. The first-order valence-corrected chi connectivity index (χ1v) is 8.22. The van der Waals surface area contributed by atoms with E-state index in [0.29, 0.717) is 5.92 Å². The normalized spacial score (nSPS) is 20.6. The Labute approximate surface area is 118 Å². The number of hydrazine groups is 1. The van der Waals surface area contributed by atoms with Crippen LogP contribution in [0.15, 0.2) is 6.07 Å². The summed E-state index contributed by atoms with van der Waals surface area (Å²) in [6.45, 7) is 2.16. The molecule has 1 saturated heterocycles. The highest BCUT2D eigenvalue weighted by molar-refractivity contribution is 7.99. The average molecular weight is 279 g/mol. The predicted octanol–water partition coefficient (Wildman–Crippen LogP) is 1.97. The molecule has 1 saturated carbocycles. The third kappa shape index (κ3) is 2.95. The SMILES string of the molecule is CSC1CCN(c2cc(NN)nc(C3CC3)n2)CC1. The lowest BCUT2D eigenvalue weighted by Gasteiger charge is -2.32. The zero-order valence-electron chi connectivity index (χ0n) is 11.3. The van der Waals surface area contributed by atoms with Crippen molar-refractivity contribution in [1.29, 1.82) is 0 Å². The summed E-state index contributed by atoms with van der Waals surface area (Å²) in [6, 6.07) is 1.96. The Morgan fingerprint density at radius 2 is 2.00 bits per heavy atom. The van der Waals surface area contributed by atoms with E-state index in [0.717, 1.165) is 35.8 Å². The molecule has 6 heteroatoms. The molecule has 3 N–H and O–H groups in total. The smallest absolute Gasteiger partial charge is 0.145 e. The molecular formula is C13H21N5S. The lowest BCUT2D eigenvalue weighted by atomic mass is 10.1. The van der Waals surface area contributed by atoms with Crippen LogP contribution >= 0.6 is 11.8 Å². The second kappa shape index (κ2) is 5.54. The van der Waals surface area contributed by atoms with Crippen molar-refractivity contribution >= 4 is 23.4 Å². The quantitative estimate of drug-likeness (QED) is 0.649. The lowest BCUT2D eigenvalue weighted by molar-refractivity contribution is 0.585. The fourth-order valence-corrected chi connectivity index (χ4v) is 3.22. The van der Waals surface area contributed by atoms with Gasteiger partial charge in [0.15, 0.2) is 0 Å². The highest BCUT2D eigenvalue weighted by Gasteiger charge is 2.28. The number of piperidine rings is 1. The van der Waals surface area contributed by atoms with E-state index in [2.05, 4.69) is 21.6 Å². The molecular weight excluding hydrogens is 258 g/mol. The summed E-state index contributed by atoms with van der Waals surface area (Å²) < 4.78 is 0. The second-order valence-corrected chi connectivity index (χ2v) is 6.45. The van der Waals surface area contributed by atoms with Crippen LogP contribution in [0, 0.1) is 0 Å². The molecule has 0 unspecified atom stereocenters. The van der Waals surface area contributed by atoms with Crippen LogP contribution in [0.4, 0.5) is 11.6 Å². The van der Waals surface area contributed by atoms with Crippen molar-refractivity contribution < 1.29 is 0 Å². The highest BCUT2D eigenvalue weighted by atomic mass is 32.2. The standard InChI is InChI=1S/C13H21N5S/c1-19-10-4-6-18(7-5-10)12-8-11(17-14)15-13(16-12)9-2-3-9/h8-10H,2-7,14H2,1H3,(H,15,16,17). The molecule has 104 valence electrons. The summed E-state index contributed by atoms with van der Waals surface area (Å²) in [6.07, 6.45) is 7.08. The summed E-state index contributed by atoms with van der Waals surface area (Å²) >= 11 is 1.98. The number of nitrogens with one attached hydrogen (secondary N) is 1. The fourth-order valence-electron chi connectivity index (χ4n) is 2.53. The Bertz CT molecular complexity index is 441. The van der Waals surface area contributed by atoms with Crippen LogP contribution in [0.25, 0.3) is 0 Å². The minimum atomic E-state index is 0.552. The molecule has 1 aliphatic carbocycles. The fraction of sp³-hybridized carbons (Fsp3) is 0.692. The first kappa shape index (κ1) is 13.0. The molecule has 1 aliphatic heterocycles. The molecule has 5 nitrogen and oxygen atoms in total. The topological polar surface area (TPSA) is 67.1 Å². The molecule has 1 aromatic heterocycles. The largest absolute Gasteiger partial charge is 0.356 e. The van der Waals surface area contributed by atoms with Crippen molar-refractivity contribution in [2.45, 2.75) is 36.9 Å². The maximum atomic E-state index is 5.52. The van der Waals surface area contributed by atoms with Gasteiger partial charge in [-0.25, -0.2) is 15.8 Å². The number of rotatable bonds is 4. The number of hydrogen-bond donors (Lipinski definition) is 2. The Balaban J connectivity index is 1.77. The van der Waals surface area contributed by atoms with Gasteiger partial charge < -0.3 is 10.3 Å². The zero-order valence-corrected chi connectivity index (χ0v) is 12.1. The van der Waals surface area contributed by atoms with E-state index in [1.54, 1.807) is 0 Å². The van der Waals surface area contributed by atoms with E-state index in [1.165, 1.54) is 25.7 Å². The molecule has 0 radical (unpaired) electrons. The summed E-state index contributed by atoms with van der Waals surface area (Å²) in [4.78, 5) is 11.6. The van der Waals surface area contributed by atoms with E-state index in [-0.39, 0.29) is 0 Å². The van der Waals surface area contributed by atoms with Gasteiger partial charge in [-0.05, 0) is 31.9 Å². The van der Waals surface area contributed by atoms with Crippen molar-refractivity contribution in [1.82, 2.24) is 9.97 Å². The number of hydrogen-bond acceptors (Lipinski definition) is 6.